The SMILES string of the molecule is Cn1c(COC(=O)Nc2ccccc2Cl)c(Br)c(=O)n1-c1ccccc1. The van der Waals surface area contributed by atoms with E-state index in [1.165, 1.54) is 4.68 Å². The minimum Gasteiger partial charge on any atom is -0.443 e. The van der Waals surface area contributed by atoms with Crippen molar-refractivity contribution in [3.05, 3.63) is 80.1 Å². The van der Waals surface area contributed by atoms with Crippen molar-refractivity contribution < 1.29 is 9.53 Å². The summed E-state index contributed by atoms with van der Waals surface area (Å²) in [7, 11) is 1.73. The molecule has 0 aliphatic rings. The lowest BCUT2D eigenvalue weighted by Gasteiger charge is -2.11. The Balaban J connectivity index is 1.78. The second-order valence-corrected chi connectivity index (χ2v) is 6.62. The first-order valence-electron chi connectivity index (χ1n) is 7.69. The molecule has 0 spiro atoms. The van der Waals surface area contributed by atoms with Crippen molar-refractivity contribution in [3.63, 3.8) is 0 Å². The fraction of sp³-hybridized carbons (Fsp3) is 0.111. The van der Waals surface area contributed by atoms with Crippen molar-refractivity contribution in [2.45, 2.75) is 6.61 Å². The number of anilines is 1. The minimum absolute atomic E-state index is 0.0809. The zero-order valence-corrected chi connectivity index (χ0v) is 16.1. The number of halogens is 2. The number of hydrogen-bond acceptors (Lipinski definition) is 3. The predicted molar refractivity (Wildman–Crippen MR) is 104 cm³/mol. The van der Waals surface area contributed by atoms with Crippen molar-refractivity contribution >= 4 is 39.3 Å². The second kappa shape index (κ2) is 7.80. The van der Waals surface area contributed by atoms with Gasteiger partial charge in [-0.25, -0.2) is 9.48 Å². The van der Waals surface area contributed by atoms with E-state index in [1.807, 2.05) is 30.3 Å². The monoisotopic (exact) mass is 435 g/mol. The van der Waals surface area contributed by atoms with Crippen LogP contribution in [-0.2, 0) is 18.4 Å². The Hall–Kier alpha value is -2.51. The number of aromatic nitrogens is 2. The molecule has 0 bridgehead atoms. The van der Waals surface area contributed by atoms with Gasteiger partial charge in [0, 0.05) is 7.05 Å². The number of carbonyl (C=O) groups is 1. The molecular weight excluding hydrogens is 422 g/mol. The van der Waals surface area contributed by atoms with E-state index in [0.717, 1.165) is 0 Å². The third kappa shape index (κ3) is 3.68. The van der Waals surface area contributed by atoms with Crippen LogP contribution < -0.4 is 10.9 Å². The van der Waals surface area contributed by atoms with Gasteiger partial charge in [-0.2, -0.15) is 0 Å². The number of ether oxygens (including phenoxy) is 1. The lowest BCUT2D eigenvalue weighted by molar-refractivity contribution is 0.151. The Bertz CT molecular complexity index is 999. The van der Waals surface area contributed by atoms with E-state index in [0.29, 0.717) is 26.6 Å². The molecule has 0 saturated heterocycles. The van der Waals surface area contributed by atoms with Gasteiger partial charge in [-0.15, -0.1) is 0 Å². The van der Waals surface area contributed by atoms with Gasteiger partial charge in [-0.3, -0.25) is 14.8 Å². The summed E-state index contributed by atoms with van der Waals surface area (Å²) in [5.41, 5.74) is 1.47. The lowest BCUT2D eigenvalue weighted by Crippen LogP contribution is -2.20. The van der Waals surface area contributed by atoms with E-state index in [9.17, 15) is 9.59 Å². The Morgan fingerprint density at radius 3 is 2.50 bits per heavy atom. The van der Waals surface area contributed by atoms with E-state index in [-0.39, 0.29) is 12.2 Å². The molecule has 0 saturated carbocycles. The summed E-state index contributed by atoms with van der Waals surface area (Å²) in [6.07, 6.45) is -0.662. The van der Waals surface area contributed by atoms with Crippen LogP contribution in [0.1, 0.15) is 5.69 Å². The largest absolute Gasteiger partial charge is 0.443 e. The minimum atomic E-state index is -0.662. The molecule has 8 heteroatoms. The zero-order valence-electron chi connectivity index (χ0n) is 13.8. The normalized spacial score (nSPS) is 10.6. The highest BCUT2D eigenvalue weighted by Crippen LogP contribution is 2.21. The van der Waals surface area contributed by atoms with Crippen LogP contribution in [0.25, 0.3) is 5.69 Å². The van der Waals surface area contributed by atoms with Crippen LogP contribution >= 0.6 is 27.5 Å². The standard InChI is InChI=1S/C18H15BrClN3O3/c1-22-15(11-26-18(25)21-14-10-6-5-9-13(14)20)16(19)17(24)23(22)12-7-3-2-4-8-12/h2-10H,11H2,1H3,(H,21,25). The Kier molecular flexibility index (Phi) is 5.49. The molecule has 2 aromatic carbocycles. The predicted octanol–water partition coefficient (Wildman–Crippen LogP) is 4.34. The lowest BCUT2D eigenvalue weighted by atomic mass is 10.3. The number of para-hydroxylation sites is 2. The van der Waals surface area contributed by atoms with Gasteiger partial charge in [-0.1, -0.05) is 41.9 Å². The first-order valence-corrected chi connectivity index (χ1v) is 8.86. The molecule has 3 aromatic rings. The molecule has 1 heterocycles. The van der Waals surface area contributed by atoms with Crippen LogP contribution in [-0.4, -0.2) is 15.5 Å². The van der Waals surface area contributed by atoms with Crippen LogP contribution in [0.15, 0.2) is 63.9 Å². The fourth-order valence-electron chi connectivity index (χ4n) is 2.47. The van der Waals surface area contributed by atoms with Crippen LogP contribution in [0, 0.1) is 0 Å². The number of nitrogens with zero attached hydrogens (tertiary/aromatic N) is 2. The van der Waals surface area contributed by atoms with Gasteiger partial charge in [0.05, 0.1) is 22.1 Å². The van der Waals surface area contributed by atoms with Crippen LogP contribution in [0.2, 0.25) is 5.02 Å². The highest BCUT2D eigenvalue weighted by molar-refractivity contribution is 9.10. The summed E-state index contributed by atoms with van der Waals surface area (Å²) in [6, 6.07) is 16.0. The maximum Gasteiger partial charge on any atom is 0.412 e. The molecule has 6 nitrogen and oxygen atoms in total. The molecular formula is C18H15BrClN3O3. The van der Waals surface area contributed by atoms with Crippen molar-refractivity contribution in [2.24, 2.45) is 7.05 Å². The molecule has 1 amide bonds. The number of rotatable bonds is 4. The number of hydrogen-bond donors (Lipinski definition) is 1. The Morgan fingerprint density at radius 2 is 1.81 bits per heavy atom. The maximum absolute atomic E-state index is 12.5. The molecule has 0 fully saturated rings. The highest BCUT2D eigenvalue weighted by Gasteiger charge is 2.18. The molecule has 0 aliphatic carbocycles. The van der Waals surface area contributed by atoms with E-state index < -0.39 is 6.09 Å². The van der Waals surface area contributed by atoms with Crippen molar-refractivity contribution in [1.82, 2.24) is 9.36 Å². The summed E-state index contributed by atoms with van der Waals surface area (Å²) < 4.78 is 8.72. The number of nitrogens with one attached hydrogen (secondary N) is 1. The smallest absolute Gasteiger partial charge is 0.412 e. The van der Waals surface area contributed by atoms with E-state index in [2.05, 4.69) is 21.2 Å². The molecule has 1 N–H and O–H groups in total. The molecule has 3 rings (SSSR count). The molecule has 0 unspecified atom stereocenters. The zero-order chi connectivity index (χ0) is 18.7. The van der Waals surface area contributed by atoms with Gasteiger partial charge in [0.1, 0.15) is 11.1 Å². The van der Waals surface area contributed by atoms with Crippen LogP contribution in [0.3, 0.4) is 0 Å². The molecule has 26 heavy (non-hydrogen) atoms. The van der Waals surface area contributed by atoms with E-state index in [4.69, 9.17) is 16.3 Å². The van der Waals surface area contributed by atoms with E-state index in [1.54, 1.807) is 36.0 Å². The number of carbonyl (C=O) groups excluding carboxylic acids is 1. The molecule has 0 aliphatic heterocycles. The average molecular weight is 437 g/mol. The first-order chi connectivity index (χ1) is 12.5. The van der Waals surface area contributed by atoms with Gasteiger partial charge < -0.3 is 4.74 Å². The van der Waals surface area contributed by atoms with Gasteiger partial charge >= 0.3 is 6.09 Å². The number of benzene rings is 2. The Morgan fingerprint density at radius 1 is 1.15 bits per heavy atom. The topological polar surface area (TPSA) is 65.3 Å². The number of amides is 1. The van der Waals surface area contributed by atoms with Crippen LogP contribution in [0.4, 0.5) is 10.5 Å². The summed E-state index contributed by atoms with van der Waals surface area (Å²) >= 11 is 9.29. The summed E-state index contributed by atoms with van der Waals surface area (Å²) in [4.78, 5) is 24.5. The second-order valence-electron chi connectivity index (χ2n) is 5.42. The van der Waals surface area contributed by atoms with Gasteiger partial charge in [0.25, 0.3) is 5.56 Å². The highest BCUT2D eigenvalue weighted by atomic mass is 79.9. The first kappa shape index (κ1) is 18.3. The molecule has 0 radical (unpaired) electrons. The third-order valence-electron chi connectivity index (χ3n) is 3.78. The fourth-order valence-corrected chi connectivity index (χ4v) is 3.20. The molecule has 134 valence electrons. The quantitative estimate of drug-likeness (QED) is 0.661. The van der Waals surface area contributed by atoms with Crippen molar-refractivity contribution in [1.29, 1.82) is 0 Å². The summed E-state index contributed by atoms with van der Waals surface area (Å²) in [6.45, 7) is -0.0809. The van der Waals surface area contributed by atoms with Gasteiger partial charge in [0.15, 0.2) is 0 Å². The van der Waals surface area contributed by atoms with Gasteiger partial charge in [0.2, 0.25) is 0 Å². The van der Waals surface area contributed by atoms with Crippen LogP contribution in [0.5, 0.6) is 0 Å². The Labute approximate surface area is 163 Å². The average Bonchev–Trinajstić information content (AvgIpc) is 2.85. The summed E-state index contributed by atoms with van der Waals surface area (Å²) in [5.74, 6) is 0. The molecule has 1 aromatic heterocycles. The van der Waals surface area contributed by atoms with Crippen molar-refractivity contribution in [3.8, 4) is 5.69 Å². The van der Waals surface area contributed by atoms with E-state index >= 15 is 0 Å². The van der Waals surface area contributed by atoms with Crippen molar-refractivity contribution in [2.75, 3.05) is 5.32 Å². The maximum atomic E-state index is 12.5. The third-order valence-corrected chi connectivity index (χ3v) is 4.90. The van der Waals surface area contributed by atoms with Gasteiger partial charge in [-0.05, 0) is 40.2 Å². The summed E-state index contributed by atoms with van der Waals surface area (Å²) in [5, 5.41) is 2.98. The molecule has 0 atom stereocenters.